The molecule has 132 valence electrons. The van der Waals surface area contributed by atoms with Crippen molar-refractivity contribution in [1.82, 2.24) is 14.9 Å². The van der Waals surface area contributed by atoms with E-state index in [-0.39, 0.29) is 18.3 Å². The summed E-state index contributed by atoms with van der Waals surface area (Å²) in [6.07, 6.45) is 4.09. The predicted octanol–water partition coefficient (Wildman–Crippen LogP) is 2.98. The molecule has 6 nitrogen and oxygen atoms in total. The van der Waals surface area contributed by atoms with Gasteiger partial charge in [0.1, 0.15) is 0 Å². The van der Waals surface area contributed by atoms with E-state index in [0.29, 0.717) is 5.56 Å². The van der Waals surface area contributed by atoms with Crippen LogP contribution in [0.5, 0.6) is 0 Å². The van der Waals surface area contributed by atoms with Crippen LogP contribution in [0.15, 0.2) is 42.7 Å². The predicted molar refractivity (Wildman–Crippen MR) is 95.7 cm³/mol. The minimum atomic E-state index is -0.382. The highest BCUT2D eigenvalue weighted by Gasteiger charge is 2.40. The van der Waals surface area contributed by atoms with Gasteiger partial charge in [0.15, 0.2) is 6.23 Å². The van der Waals surface area contributed by atoms with Crippen molar-refractivity contribution >= 4 is 16.9 Å². The fourth-order valence-electron chi connectivity index (χ4n) is 4.06. The number of para-hydroxylation sites is 1. The number of ether oxygens (including phenoxy) is 2. The number of carbonyl (C=O) groups excluding carboxylic acids is 1. The summed E-state index contributed by atoms with van der Waals surface area (Å²) in [6, 6.07) is 10.2. The standard InChI is InChI=1S/C20H19N3O3/c1-25-20(24)13-8-12(9-21-10-13)17-11-23-7-6-15-14-4-2-3-5-16(14)22-18(15)19(23)26-17/h2-5,8-10,17,19,22H,6-7,11H2,1H3/t17-,19+/m1/s1. The van der Waals surface area contributed by atoms with Crippen LogP contribution < -0.4 is 0 Å². The Morgan fingerprint density at radius 2 is 2.23 bits per heavy atom. The molecule has 1 fully saturated rings. The van der Waals surface area contributed by atoms with Crippen LogP contribution in [-0.2, 0) is 15.9 Å². The lowest BCUT2D eigenvalue weighted by atomic mass is 10.0. The average molecular weight is 349 g/mol. The molecular weight excluding hydrogens is 330 g/mol. The minimum Gasteiger partial charge on any atom is -0.465 e. The summed E-state index contributed by atoms with van der Waals surface area (Å²) < 4.78 is 11.2. The molecule has 0 spiro atoms. The Balaban J connectivity index is 1.48. The smallest absolute Gasteiger partial charge is 0.339 e. The molecule has 0 unspecified atom stereocenters. The molecule has 26 heavy (non-hydrogen) atoms. The van der Waals surface area contributed by atoms with Gasteiger partial charge >= 0.3 is 5.97 Å². The van der Waals surface area contributed by atoms with E-state index in [1.165, 1.54) is 24.3 Å². The van der Waals surface area contributed by atoms with E-state index in [9.17, 15) is 4.79 Å². The van der Waals surface area contributed by atoms with Crippen LogP contribution in [0.3, 0.4) is 0 Å². The third-order valence-electron chi connectivity index (χ3n) is 5.32. The highest BCUT2D eigenvalue weighted by Crippen LogP contribution is 2.43. The van der Waals surface area contributed by atoms with Gasteiger partial charge in [-0.25, -0.2) is 4.79 Å². The Morgan fingerprint density at radius 3 is 3.12 bits per heavy atom. The third kappa shape index (κ3) is 2.34. The number of rotatable bonds is 2. The molecule has 2 aliphatic rings. The Bertz CT molecular complexity index is 997. The summed E-state index contributed by atoms with van der Waals surface area (Å²) in [7, 11) is 1.37. The number of aromatic nitrogens is 2. The number of esters is 1. The highest BCUT2D eigenvalue weighted by atomic mass is 16.5. The molecule has 2 atom stereocenters. The summed E-state index contributed by atoms with van der Waals surface area (Å²) in [5.74, 6) is -0.382. The lowest BCUT2D eigenvalue weighted by Gasteiger charge is -2.27. The van der Waals surface area contributed by atoms with Gasteiger partial charge in [-0.2, -0.15) is 0 Å². The molecule has 4 heterocycles. The number of hydrogen-bond donors (Lipinski definition) is 1. The summed E-state index contributed by atoms with van der Waals surface area (Å²) in [5.41, 5.74) is 5.01. The Labute approximate surface area is 150 Å². The molecule has 0 bridgehead atoms. The highest BCUT2D eigenvalue weighted by molar-refractivity contribution is 5.89. The number of carbonyl (C=O) groups is 1. The van der Waals surface area contributed by atoms with Crippen LogP contribution in [0.2, 0.25) is 0 Å². The Hall–Kier alpha value is -2.70. The maximum atomic E-state index is 11.8. The monoisotopic (exact) mass is 349 g/mol. The first-order chi connectivity index (χ1) is 12.7. The van der Waals surface area contributed by atoms with Gasteiger partial charge in [-0.15, -0.1) is 0 Å². The van der Waals surface area contributed by atoms with Gasteiger partial charge in [0.05, 0.1) is 24.5 Å². The third-order valence-corrected chi connectivity index (χ3v) is 5.32. The molecule has 0 radical (unpaired) electrons. The Kier molecular flexibility index (Phi) is 3.55. The van der Waals surface area contributed by atoms with Crippen molar-refractivity contribution in [3.8, 4) is 0 Å². The summed E-state index contributed by atoms with van der Waals surface area (Å²) in [5, 5.41) is 1.28. The van der Waals surface area contributed by atoms with Crippen molar-refractivity contribution in [2.24, 2.45) is 0 Å². The topological polar surface area (TPSA) is 67.5 Å². The van der Waals surface area contributed by atoms with E-state index in [1.807, 2.05) is 12.1 Å². The molecule has 1 aromatic carbocycles. The SMILES string of the molecule is COC(=O)c1cncc([C@H]2CN3CCc4c([nH]c5ccccc45)[C@@H]3O2)c1. The first-order valence-corrected chi connectivity index (χ1v) is 8.77. The Morgan fingerprint density at radius 1 is 1.35 bits per heavy atom. The number of hydrogen-bond acceptors (Lipinski definition) is 5. The molecule has 3 aromatic rings. The second-order valence-electron chi connectivity index (χ2n) is 6.78. The number of nitrogens with one attached hydrogen (secondary N) is 1. The normalized spacial score (nSPS) is 22.2. The molecular formula is C20H19N3O3. The summed E-state index contributed by atoms with van der Waals surface area (Å²) in [6.45, 7) is 1.74. The van der Waals surface area contributed by atoms with Gasteiger partial charge < -0.3 is 14.5 Å². The fourth-order valence-corrected chi connectivity index (χ4v) is 4.06. The lowest BCUT2D eigenvalue weighted by molar-refractivity contribution is -0.0101. The number of nitrogens with zero attached hydrogens (tertiary/aromatic N) is 2. The molecule has 5 rings (SSSR count). The quantitative estimate of drug-likeness (QED) is 0.721. The molecule has 2 aromatic heterocycles. The second kappa shape index (κ2) is 5.93. The van der Waals surface area contributed by atoms with E-state index >= 15 is 0 Å². The molecule has 1 N–H and O–H groups in total. The maximum absolute atomic E-state index is 11.8. The maximum Gasteiger partial charge on any atom is 0.339 e. The van der Waals surface area contributed by atoms with Gasteiger partial charge in [-0.05, 0) is 24.1 Å². The minimum absolute atomic E-state index is 0.0852. The zero-order valence-electron chi connectivity index (χ0n) is 14.4. The lowest BCUT2D eigenvalue weighted by Crippen LogP contribution is -2.31. The first kappa shape index (κ1) is 15.5. The van der Waals surface area contributed by atoms with Crippen molar-refractivity contribution in [1.29, 1.82) is 0 Å². The van der Waals surface area contributed by atoms with Crippen LogP contribution in [-0.4, -0.2) is 41.0 Å². The van der Waals surface area contributed by atoms with E-state index < -0.39 is 0 Å². The van der Waals surface area contributed by atoms with Crippen LogP contribution in [0.1, 0.15) is 39.5 Å². The van der Waals surface area contributed by atoms with Crippen molar-refractivity contribution in [3.05, 3.63) is 65.1 Å². The van der Waals surface area contributed by atoms with Gasteiger partial charge in [-0.3, -0.25) is 9.88 Å². The van der Waals surface area contributed by atoms with Crippen molar-refractivity contribution in [3.63, 3.8) is 0 Å². The average Bonchev–Trinajstić information content (AvgIpc) is 3.28. The van der Waals surface area contributed by atoms with E-state index in [1.54, 1.807) is 6.20 Å². The zero-order chi connectivity index (χ0) is 17.7. The van der Waals surface area contributed by atoms with Gasteiger partial charge in [0, 0.05) is 41.9 Å². The number of fused-ring (bicyclic) bond motifs is 5. The van der Waals surface area contributed by atoms with Gasteiger partial charge in [0.2, 0.25) is 0 Å². The largest absolute Gasteiger partial charge is 0.465 e. The van der Waals surface area contributed by atoms with Gasteiger partial charge in [0.25, 0.3) is 0 Å². The number of aromatic amines is 1. The molecule has 0 amide bonds. The molecule has 0 saturated carbocycles. The van der Waals surface area contributed by atoms with Crippen LogP contribution in [0, 0.1) is 0 Å². The molecule has 1 saturated heterocycles. The van der Waals surface area contributed by atoms with Crippen LogP contribution >= 0.6 is 0 Å². The van der Waals surface area contributed by atoms with E-state index in [0.717, 1.165) is 36.3 Å². The number of H-pyrrole nitrogens is 1. The van der Waals surface area contributed by atoms with Crippen LogP contribution in [0.25, 0.3) is 10.9 Å². The van der Waals surface area contributed by atoms with E-state index in [2.05, 4.69) is 33.1 Å². The van der Waals surface area contributed by atoms with Crippen molar-refractivity contribution in [2.75, 3.05) is 20.2 Å². The van der Waals surface area contributed by atoms with Crippen molar-refractivity contribution < 1.29 is 14.3 Å². The van der Waals surface area contributed by atoms with Crippen LogP contribution in [0.4, 0.5) is 0 Å². The summed E-state index contributed by atoms with van der Waals surface area (Å²) in [4.78, 5) is 21.8. The second-order valence-corrected chi connectivity index (χ2v) is 6.78. The first-order valence-electron chi connectivity index (χ1n) is 8.77. The van der Waals surface area contributed by atoms with E-state index in [4.69, 9.17) is 9.47 Å². The van der Waals surface area contributed by atoms with Crippen molar-refractivity contribution in [2.45, 2.75) is 18.8 Å². The number of pyridine rings is 1. The number of benzene rings is 1. The number of methoxy groups -OCH3 is 1. The molecule has 0 aliphatic carbocycles. The molecule has 6 heteroatoms. The van der Waals surface area contributed by atoms with Gasteiger partial charge in [-0.1, -0.05) is 18.2 Å². The summed E-state index contributed by atoms with van der Waals surface area (Å²) >= 11 is 0. The zero-order valence-corrected chi connectivity index (χ0v) is 14.4. The molecule has 2 aliphatic heterocycles. The fraction of sp³-hybridized carbons (Fsp3) is 0.300.